The summed E-state index contributed by atoms with van der Waals surface area (Å²) in [5.41, 5.74) is 0.170. The highest BCUT2D eigenvalue weighted by Gasteiger charge is 2.11. The number of hydrogen-bond acceptors (Lipinski definition) is 3. The Labute approximate surface area is 269 Å². The third kappa shape index (κ3) is 32.2. The topological polar surface area (TPSA) is 69.9 Å². The van der Waals surface area contributed by atoms with Crippen LogP contribution in [0.4, 0.5) is 0 Å². The number of aliphatic hydroxyl groups excluding tert-OH is 2. The summed E-state index contributed by atoms with van der Waals surface area (Å²) in [6, 6.07) is 0. The summed E-state index contributed by atoms with van der Waals surface area (Å²) >= 11 is 0. The molecule has 4 nitrogen and oxygen atoms in total. The quantitative estimate of drug-likeness (QED) is 0.0435. The van der Waals surface area contributed by atoms with Crippen molar-refractivity contribution in [2.24, 2.45) is 4.99 Å². The van der Waals surface area contributed by atoms with E-state index in [0.29, 0.717) is 6.42 Å². The Morgan fingerprint density at radius 3 is 1.21 bits per heavy atom. The standard InChI is InChI=1S/C39H75NO3/c1-3-5-7-9-11-13-15-17-19-21-22-24-26-28-30-32-34-38(42)37(36-41)40-39(43)35-33-31-29-27-25-23-20-18-16-14-12-10-8-6-4-2/h32,34,38,41-42H,3-31,33,35-36H2,1-2H3/b34-32+,40-37?. The summed E-state index contributed by atoms with van der Waals surface area (Å²) in [5.74, 6) is -0.224. The lowest BCUT2D eigenvalue weighted by Gasteiger charge is -2.07. The van der Waals surface area contributed by atoms with Gasteiger partial charge in [0, 0.05) is 6.42 Å². The fourth-order valence-electron chi connectivity index (χ4n) is 5.85. The van der Waals surface area contributed by atoms with Crippen molar-refractivity contribution in [3.05, 3.63) is 12.2 Å². The number of rotatable bonds is 34. The highest BCUT2D eigenvalue weighted by molar-refractivity contribution is 5.99. The SMILES string of the molecule is CCCCCCCCCCCCCCCC/C=C/C(O)C(CO)=NC(=O)CCCCCCCCCCCCCCCCC. The van der Waals surface area contributed by atoms with Crippen molar-refractivity contribution in [2.45, 2.75) is 219 Å². The maximum absolute atomic E-state index is 12.2. The first-order chi connectivity index (χ1) is 21.2. The summed E-state index contributed by atoms with van der Waals surface area (Å²) in [4.78, 5) is 16.3. The Kier molecular flexibility index (Phi) is 34.7. The van der Waals surface area contributed by atoms with Crippen molar-refractivity contribution in [3.8, 4) is 0 Å². The fraction of sp³-hybridized carbons (Fsp3) is 0.897. The van der Waals surface area contributed by atoms with Gasteiger partial charge in [-0.25, -0.2) is 4.99 Å². The molecule has 0 saturated carbocycles. The molecule has 0 radical (unpaired) electrons. The third-order valence-electron chi connectivity index (χ3n) is 8.81. The van der Waals surface area contributed by atoms with Crippen LogP contribution in [-0.4, -0.2) is 34.5 Å². The molecule has 0 aromatic carbocycles. The van der Waals surface area contributed by atoms with Crippen molar-refractivity contribution in [3.63, 3.8) is 0 Å². The number of unbranched alkanes of at least 4 members (excludes halogenated alkanes) is 28. The van der Waals surface area contributed by atoms with Crippen LogP contribution in [0.15, 0.2) is 17.1 Å². The molecule has 0 bridgehead atoms. The van der Waals surface area contributed by atoms with Crippen LogP contribution in [0.2, 0.25) is 0 Å². The molecule has 4 heteroatoms. The molecule has 43 heavy (non-hydrogen) atoms. The predicted molar refractivity (Wildman–Crippen MR) is 189 cm³/mol. The molecular weight excluding hydrogens is 530 g/mol. The van der Waals surface area contributed by atoms with Gasteiger partial charge in [0.1, 0.15) is 6.10 Å². The highest BCUT2D eigenvalue weighted by Crippen LogP contribution is 2.15. The fourth-order valence-corrected chi connectivity index (χ4v) is 5.85. The summed E-state index contributed by atoms with van der Waals surface area (Å²) in [7, 11) is 0. The Morgan fingerprint density at radius 2 is 0.860 bits per heavy atom. The maximum Gasteiger partial charge on any atom is 0.245 e. The number of nitrogens with zero attached hydrogens (tertiary/aromatic N) is 1. The zero-order valence-electron chi connectivity index (χ0n) is 29.1. The predicted octanol–water partition coefficient (Wildman–Crippen LogP) is 12.0. The van der Waals surface area contributed by atoms with Crippen molar-refractivity contribution in [1.29, 1.82) is 0 Å². The van der Waals surface area contributed by atoms with Gasteiger partial charge in [0.2, 0.25) is 5.91 Å². The van der Waals surface area contributed by atoms with Crippen LogP contribution in [0.5, 0.6) is 0 Å². The number of allylic oxidation sites excluding steroid dienone is 1. The van der Waals surface area contributed by atoms with E-state index in [1.165, 1.54) is 167 Å². The van der Waals surface area contributed by atoms with Crippen molar-refractivity contribution in [1.82, 2.24) is 0 Å². The maximum atomic E-state index is 12.2. The van der Waals surface area contributed by atoms with Gasteiger partial charge in [-0.1, -0.05) is 199 Å². The van der Waals surface area contributed by atoms with Gasteiger partial charge in [0.05, 0.1) is 12.3 Å². The third-order valence-corrected chi connectivity index (χ3v) is 8.81. The van der Waals surface area contributed by atoms with Crippen LogP contribution in [0, 0.1) is 0 Å². The second kappa shape index (κ2) is 35.5. The van der Waals surface area contributed by atoms with Crippen molar-refractivity contribution in [2.75, 3.05) is 6.61 Å². The van der Waals surface area contributed by atoms with Crippen LogP contribution < -0.4 is 0 Å². The number of aliphatic imine (C=N–C) groups is 1. The van der Waals surface area contributed by atoms with Gasteiger partial charge in [-0.2, -0.15) is 0 Å². The summed E-state index contributed by atoms with van der Waals surface area (Å²) in [6.45, 7) is 4.17. The number of hydrogen-bond donors (Lipinski definition) is 2. The molecule has 1 unspecified atom stereocenters. The van der Waals surface area contributed by atoms with Crippen LogP contribution in [0.25, 0.3) is 0 Å². The summed E-state index contributed by atoms with van der Waals surface area (Å²) in [5, 5.41) is 20.0. The summed E-state index contributed by atoms with van der Waals surface area (Å²) in [6.07, 6.45) is 42.3. The Balaban J connectivity index is 3.66. The van der Waals surface area contributed by atoms with E-state index in [4.69, 9.17) is 0 Å². The second-order valence-corrected chi connectivity index (χ2v) is 13.1. The lowest BCUT2D eigenvalue weighted by Crippen LogP contribution is -2.23. The van der Waals surface area contributed by atoms with Gasteiger partial charge in [-0.05, 0) is 19.3 Å². The van der Waals surface area contributed by atoms with Gasteiger partial charge >= 0.3 is 0 Å². The average Bonchev–Trinajstić information content (AvgIpc) is 3.01. The van der Waals surface area contributed by atoms with Crippen molar-refractivity contribution >= 4 is 11.6 Å². The van der Waals surface area contributed by atoms with Gasteiger partial charge in [-0.15, -0.1) is 0 Å². The van der Waals surface area contributed by atoms with Gasteiger partial charge in [0.25, 0.3) is 0 Å². The minimum atomic E-state index is -0.971. The molecule has 0 aliphatic carbocycles. The van der Waals surface area contributed by atoms with Gasteiger partial charge < -0.3 is 10.2 Å². The molecule has 0 aromatic rings. The molecular formula is C39H75NO3. The van der Waals surface area contributed by atoms with E-state index in [2.05, 4.69) is 18.8 Å². The first kappa shape index (κ1) is 42.0. The first-order valence-corrected chi connectivity index (χ1v) is 19.2. The lowest BCUT2D eigenvalue weighted by molar-refractivity contribution is -0.118. The minimum absolute atomic E-state index is 0.170. The molecule has 0 fully saturated rings. The molecule has 0 aliphatic rings. The van der Waals surface area contributed by atoms with E-state index < -0.39 is 6.10 Å². The monoisotopic (exact) mass is 606 g/mol. The zero-order chi connectivity index (χ0) is 31.5. The van der Waals surface area contributed by atoms with Crippen LogP contribution in [-0.2, 0) is 4.79 Å². The van der Waals surface area contributed by atoms with Crippen LogP contribution in [0.1, 0.15) is 213 Å². The van der Waals surface area contributed by atoms with E-state index in [1.807, 2.05) is 6.08 Å². The van der Waals surface area contributed by atoms with Crippen molar-refractivity contribution < 1.29 is 15.0 Å². The molecule has 0 spiro atoms. The Morgan fingerprint density at radius 1 is 0.535 bits per heavy atom. The first-order valence-electron chi connectivity index (χ1n) is 19.2. The molecule has 0 heterocycles. The highest BCUT2D eigenvalue weighted by atomic mass is 16.3. The number of carbonyl (C=O) groups is 1. The van der Waals surface area contributed by atoms with Gasteiger partial charge in [0.15, 0.2) is 0 Å². The van der Waals surface area contributed by atoms with E-state index in [9.17, 15) is 15.0 Å². The second-order valence-electron chi connectivity index (χ2n) is 13.1. The van der Waals surface area contributed by atoms with E-state index >= 15 is 0 Å². The van der Waals surface area contributed by atoms with Gasteiger partial charge in [-0.3, -0.25) is 4.79 Å². The average molecular weight is 606 g/mol. The zero-order valence-corrected chi connectivity index (χ0v) is 29.1. The molecule has 0 aliphatic heterocycles. The molecule has 0 saturated heterocycles. The van der Waals surface area contributed by atoms with E-state index in [-0.39, 0.29) is 18.2 Å². The molecule has 0 rings (SSSR count). The molecule has 0 aromatic heterocycles. The molecule has 1 atom stereocenters. The summed E-state index contributed by atoms with van der Waals surface area (Å²) < 4.78 is 0. The normalized spacial score (nSPS) is 12.9. The minimum Gasteiger partial charge on any atom is -0.390 e. The van der Waals surface area contributed by atoms with Crippen LogP contribution in [0.3, 0.4) is 0 Å². The molecule has 1 amide bonds. The van der Waals surface area contributed by atoms with Crippen LogP contribution >= 0.6 is 0 Å². The Bertz CT molecular complexity index is 630. The molecule has 254 valence electrons. The number of aliphatic hydroxyl groups is 2. The largest absolute Gasteiger partial charge is 0.390 e. The molecule has 2 N–H and O–H groups in total. The smallest absolute Gasteiger partial charge is 0.245 e. The number of carbonyl (C=O) groups excluding carboxylic acids is 1. The van der Waals surface area contributed by atoms with E-state index in [1.54, 1.807) is 6.08 Å². The lowest BCUT2D eigenvalue weighted by atomic mass is 10.0. The van der Waals surface area contributed by atoms with E-state index in [0.717, 1.165) is 25.7 Å². The Hall–Kier alpha value is -1.00. The number of amides is 1.